The van der Waals surface area contributed by atoms with Gasteiger partial charge in [-0.2, -0.15) is 25.3 Å². The van der Waals surface area contributed by atoms with Crippen LogP contribution in [-0.4, -0.2) is 55.3 Å². The van der Waals surface area contributed by atoms with E-state index in [2.05, 4.69) is 7.81 Å². The van der Waals surface area contributed by atoms with Gasteiger partial charge in [0.15, 0.2) is 0 Å². The summed E-state index contributed by atoms with van der Waals surface area (Å²) < 4.78 is 89.2. The molecule has 19 heavy (non-hydrogen) atoms. The Kier molecular flexibility index (Phi) is 3.67. The second kappa shape index (κ2) is 4.62. The fourth-order valence-electron chi connectivity index (χ4n) is 2.09. The van der Waals surface area contributed by atoms with Crippen LogP contribution < -0.4 is 0 Å². The Hall–Kier alpha value is -0.300. The lowest BCUT2D eigenvalue weighted by Crippen LogP contribution is -2.42. The molecule has 0 aromatic rings. The predicted octanol–water partition coefficient (Wildman–Crippen LogP) is -1.39. The first-order valence-electron chi connectivity index (χ1n) is 5.17. The Morgan fingerprint density at radius 1 is 0.842 bits per heavy atom. The van der Waals surface area contributed by atoms with E-state index in [9.17, 15) is 29.6 Å². The average Bonchev–Trinajstić information content (AvgIpc) is 2.53. The zero-order valence-corrected chi connectivity index (χ0v) is 11.9. The molecule has 0 amide bonds. The van der Waals surface area contributed by atoms with E-state index in [1.54, 1.807) is 0 Å². The Labute approximate surface area is 110 Å². The standard InChI is InChI=1S/C7H11FO8S3/c8-7(5-1-15-17(9,10)2-5)6-3-18(11,12)16-19(13,14)4-6/h5-7H,1-4H2. The van der Waals surface area contributed by atoms with Crippen LogP contribution >= 0.6 is 0 Å². The number of hydrogen-bond acceptors (Lipinski definition) is 8. The summed E-state index contributed by atoms with van der Waals surface area (Å²) in [4.78, 5) is 0. The van der Waals surface area contributed by atoms with E-state index in [1.165, 1.54) is 0 Å². The number of halogens is 1. The minimum absolute atomic E-state index is 0.416. The van der Waals surface area contributed by atoms with Crippen LogP contribution in [0.2, 0.25) is 0 Å². The lowest BCUT2D eigenvalue weighted by molar-refractivity contribution is 0.154. The van der Waals surface area contributed by atoms with Crippen LogP contribution in [0.25, 0.3) is 0 Å². The summed E-state index contributed by atoms with van der Waals surface area (Å²) >= 11 is 0. The lowest BCUT2D eigenvalue weighted by Gasteiger charge is -2.26. The summed E-state index contributed by atoms with van der Waals surface area (Å²) in [6.07, 6.45) is -1.91. The smallest absolute Gasteiger partial charge is 0.270 e. The second-order valence-electron chi connectivity index (χ2n) is 4.49. The Balaban J connectivity index is 2.18. The van der Waals surface area contributed by atoms with Crippen molar-refractivity contribution in [3.05, 3.63) is 0 Å². The van der Waals surface area contributed by atoms with Crippen LogP contribution in [0.1, 0.15) is 0 Å². The van der Waals surface area contributed by atoms with Crippen molar-refractivity contribution >= 4 is 30.4 Å². The van der Waals surface area contributed by atoms with E-state index in [4.69, 9.17) is 0 Å². The first-order chi connectivity index (χ1) is 8.50. The maximum atomic E-state index is 14.1. The lowest BCUT2D eigenvalue weighted by atomic mass is 9.97. The summed E-state index contributed by atoms with van der Waals surface area (Å²) in [6, 6.07) is 0. The third-order valence-corrected chi connectivity index (χ3v) is 7.49. The van der Waals surface area contributed by atoms with Crippen molar-refractivity contribution in [2.75, 3.05) is 23.9 Å². The zero-order chi connectivity index (χ0) is 14.5. The van der Waals surface area contributed by atoms with Crippen LogP contribution in [0.3, 0.4) is 0 Å². The van der Waals surface area contributed by atoms with Gasteiger partial charge in [0.2, 0.25) is 0 Å². The topological polar surface area (TPSA) is 121 Å². The van der Waals surface area contributed by atoms with Crippen LogP contribution in [0.5, 0.6) is 0 Å². The molecule has 2 fully saturated rings. The van der Waals surface area contributed by atoms with Gasteiger partial charge in [0.05, 0.1) is 23.9 Å². The van der Waals surface area contributed by atoms with Crippen molar-refractivity contribution in [3.63, 3.8) is 0 Å². The molecule has 0 spiro atoms. The molecular weight excluding hydrogens is 327 g/mol. The van der Waals surface area contributed by atoms with Gasteiger partial charge in [-0.25, -0.2) is 4.39 Å². The van der Waals surface area contributed by atoms with Gasteiger partial charge in [0.25, 0.3) is 30.4 Å². The van der Waals surface area contributed by atoms with Crippen LogP contribution in [-0.2, 0) is 38.2 Å². The molecule has 2 rings (SSSR count). The summed E-state index contributed by atoms with van der Waals surface area (Å²) in [7, 11) is -12.5. The highest BCUT2D eigenvalue weighted by Gasteiger charge is 2.45. The highest BCUT2D eigenvalue weighted by Crippen LogP contribution is 2.30. The molecule has 2 unspecified atom stereocenters. The van der Waals surface area contributed by atoms with Crippen LogP contribution in [0.4, 0.5) is 4.39 Å². The van der Waals surface area contributed by atoms with E-state index >= 15 is 0 Å². The monoisotopic (exact) mass is 338 g/mol. The third kappa shape index (κ3) is 3.62. The normalized spacial score (nSPS) is 34.9. The number of alkyl halides is 1. The van der Waals surface area contributed by atoms with Gasteiger partial charge in [-0.05, 0) is 0 Å². The molecule has 0 aromatic heterocycles. The molecule has 8 nitrogen and oxygen atoms in total. The quantitative estimate of drug-likeness (QED) is 0.564. The largest absolute Gasteiger partial charge is 0.282 e. The van der Waals surface area contributed by atoms with E-state index in [-0.39, 0.29) is 0 Å². The number of rotatable bonds is 2. The minimum Gasteiger partial charge on any atom is -0.270 e. The van der Waals surface area contributed by atoms with Gasteiger partial charge in [0, 0.05) is 11.8 Å². The van der Waals surface area contributed by atoms with Crippen molar-refractivity contribution in [2.45, 2.75) is 6.17 Å². The Bertz CT molecular complexity index is 629. The second-order valence-corrected chi connectivity index (χ2v) is 9.62. The van der Waals surface area contributed by atoms with Gasteiger partial charge in [0.1, 0.15) is 6.17 Å². The SMILES string of the molecule is O=S1(=O)CC(C(F)C2CS(=O)(=O)OS(=O)(=O)C2)CO1. The van der Waals surface area contributed by atoms with Crippen LogP contribution in [0.15, 0.2) is 0 Å². The summed E-state index contributed by atoms with van der Waals surface area (Å²) in [6.45, 7) is -0.416. The molecule has 112 valence electrons. The van der Waals surface area contributed by atoms with Crippen molar-refractivity contribution in [3.8, 4) is 0 Å². The van der Waals surface area contributed by atoms with E-state index in [0.717, 1.165) is 0 Å². The molecule has 2 aliphatic heterocycles. The maximum absolute atomic E-state index is 14.1. The molecule has 0 aliphatic carbocycles. The van der Waals surface area contributed by atoms with Crippen LogP contribution in [0, 0.1) is 11.8 Å². The molecule has 0 N–H and O–H groups in total. The van der Waals surface area contributed by atoms with Gasteiger partial charge in [-0.15, -0.1) is 3.63 Å². The molecule has 0 saturated carbocycles. The van der Waals surface area contributed by atoms with Gasteiger partial charge >= 0.3 is 0 Å². The third-order valence-electron chi connectivity index (χ3n) is 2.82. The van der Waals surface area contributed by atoms with Crippen molar-refractivity contribution in [1.82, 2.24) is 0 Å². The maximum Gasteiger partial charge on any atom is 0.282 e. The molecule has 2 atom stereocenters. The highest BCUT2D eigenvalue weighted by molar-refractivity contribution is 8.00. The highest BCUT2D eigenvalue weighted by atomic mass is 32.3. The molecule has 0 aromatic carbocycles. The first kappa shape index (κ1) is 15.1. The molecule has 2 heterocycles. The Morgan fingerprint density at radius 2 is 1.32 bits per heavy atom. The molecule has 2 aliphatic rings. The minimum atomic E-state index is -4.36. The van der Waals surface area contributed by atoms with E-state index < -0.39 is 72.2 Å². The van der Waals surface area contributed by atoms with Crippen molar-refractivity contribution in [2.24, 2.45) is 11.8 Å². The zero-order valence-electron chi connectivity index (χ0n) is 9.43. The van der Waals surface area contributed by atoms with Gasteiger partial charge < -0.3 is 0 Å². The summed E-state index contributed by atoms with van der Waals surface area (Å²) in [5.41, 5.74) is 0. The molecule has 12 heteroatoms. The summed E-state index contributed by atoms with van der Waals surface area (Å²) in [5, 5.41) is 0. The van der Waals surface area contributed by atoms with Gasteiger partial charge in [-0.3, -0.25) is 4.18 Å². The fraction of sp³-hybridized carbons (Fsp3) is 1.00. The van der Waals surface area contributed by atoms with E-state index in [0.29, 0.717) is 0 Å². The average molecular weight is 338 g/mol. The molecule has 2 saturated heterocycles. The Morgan fingerprint density at radius 3 is 1.74 bits per heavy atom. The van der Waals surface area contributed by atoms with Gasteiger partial charge in [-0.1, -0.05) is 0 Å². The number of hydrogen-bond donors (Lipinski definition) is 0. The molecular formula is C7H11FO8S3. The van der Waals surface area contributed by atoms with E-state index in [1.807, 2.05) is 0 Å². The first-order valence-corrected chi connectivity index (χ1v) is 9.90. The predicted molar refractivity (Wildman–Crippen MR) is 60.3 cm³/mol. The fourth-order valence-corrected chi connectivity index (χ4v) is 6.88. The molecule has 0 bridgehead atoms. The summed E-state index contributed by atoms with van der Waals surface area (Å²) in [5.74, 6) is -4.62. The molecule has 0 radical (unpaired) electrons. The van der Waals surface area contributed by atoms with Crippen molar-refractivity contribution < 1.29 is 37.5 Å². The van der Waals surface area contributed by atoms with Crippen molar-refractivity contribution in [1.29, 1.82) is 0 Å².